The molecular formula is C23H22N2O2S. The van der Waals surface area contributed by atoms with E-state index < -0.39 is 0 Å². The summed E-state index contributed by atoms with van der Waals surface area (Å²) in [6, 6.07) is 16.9. The van der Waals surface area contributed by atoms with Gasteiger partial charge in [-0.1, -0.05) is 35.9 Å². The number of thiophene rings is 1. The summed E-state index contributed by atoms with van der Waals surface area (Å²) in [5.41, 5.74) is 4.51. The highest BCUT2D eigenvalue weighted by molar-refractivity contribution is 7.10. The molecular weight excluding hydrogens is 368 g/mol. The Balaban J connectivity index is 1.86. The maximum absolute atomic E-state index is 12.9. The Morgan fingerprint density at radius 1 is 0.929 bits per heavy atom. The van der Waals surface area contributed by atoms with E-state index in [1.165, 1.54) is 11.3 Å². The number of nitrogens with one attached hydrogen (secondary N) is 2. The van der Waals surface area contributed by atoms with Gasteiger partial charge in [0.2, 0.25) is 0 Å². The summed E-state index contributed by atoms with van der Waals surface area (Å²) in [5.74, 6) is -0.679. The second kappa shape index (κ2) is 8.67. The number of aryl methyl sites for hydroxylation is 3. The third-order valence-electron chi connectivity index (χ3n) is 4.28. The van der Waals surface area contributed by atoms with Gasteiger partial charge in [0.25, 0.3) is 11.8 Å². The van der Waals surface area contributed by atoms with Gasteiger partial charge >= 0.3 is 0 Å². The summed E-state index contributed by atoms with van der Waals surface area (Å²) in [4.78, 5) is 26.5. The van der Waals surface area contributed by atoms with Crippen molar-refractivity contribution in [1.82, 2.24) is 5.32 Å². The van der Waals surface area contributed by atoms with Crippen LogP contribution in [0.5, 0.6) is 0 Å². The van der Waals surface area contributed by atoms with Crippen LogP contribution < -0.4 is 10.6 Å². The van der Waals surface area contributed by atoms with Crippen molar-refractivity contribution in [1.29, 1.82) is 0 Å². The molecule has 0 fully saturated rings. The van der Waals surface area contributed by atoms with Gasteiger partial charge in [-0.2, -0.15) is 0 Å². The summed E-state index contributed by atoms with van der Waals surface area (Å²) in [7, 11) is 0. The smallest absolute Gasteiger partial charge is 0.272 e. The Kier molecular flexibility index (Phi) is 6.06. The Morgan fingerprint density at radius 2 is 1.64 bits per heavy atom. The molecule has 3 rings (SSSR count). The van der Waals surface area contributed by atoms with E-state index in [1.807, 2.05) is 68.6 Å². The second-order valence-electron chi connectivity index (χ2n) is 6.67. The summed E-state index contributed by atoms with van der Waals surface area (Å²) in [6.45, 7) is 5.86. The lowest BCUT2D eigenvalue weighted by molar-refractivity contribution is -0.113. The topological polar surface area (TPSA) is 58.2 Å². The Labute approximate surface area is 168 Å². The van der Waals surface area contributed by atoms with Gasteiger partial charge in [0.05, 0.1) is 0 Å². The lowest BCUT2D eigenvalue weighted by Gasteiger charge is -2.13. The highest BCUT2D eigenvalue weighted by Gasteiger charge is 2.16. The van der Waals surface area contributed by atoms with Gasteiger partial charge in [-0.15, -0.1) is 11.3 Å². The van der Waals surface area contributed by atoms with Gasteiger partial charge in [-0.25, -0.2) is 0 Å². The number of anilines is 1. The predicted molar refractivity (Wildman–Crippen MR) is 115 cm³/mol. The molecule has 0 atom stereocenters. The van der Waals surface area contributed by atoms with E-state index in [0.29, 0.717) is 5.56 Å². The molecule has 0 bridgehead atoms. The quantitative estimate of drug-likeness (QED) is 0.597. The minimum atomic E-state index is -0.359. The van der Waals surface area contributed by atoms with Crippen molar-refractivity contribution in [3.05, 3.63) is 92.8 Å². The average molecular weight is 391 g/mol. The zero-order chi connectivity index (χ0) is 20.1. The largest absolute Gasteiger partial charge is 0.320 e. The summed E-state index contributed by atoms with van der Waals surface area (Å²) >= 11 is 1.50. The van der Waals surface area contributed by atoms with Crippen molar-refractivity contribution < 1.29 is 9.59 Å². The highest BCUT2D eigenvalue weighted by Crippen LogP contribution is 2.19. The number of amides is 2. The van der Waals surface area contributed by atoms with Crippen molar-refractivity contribution >= 4 is 34.9 Å². The first-order valence-corrected chi connectivity index (χ1v) is 9.82. The van der Waals surface area contributed by atoms with Crippen LogP contribution in [0.3, 0.4) is 0 Å². The van der Waals surface area contributed by atoms with Gasteiger partial charge in [-0.3, -0.25) is 9.59 Å². The van der Waals surface area contributed by atoms with E-state index >= 15 is 0 Å². The van der Waals surface area contributed by atoms with E-state index in [9.17, 15) is 9.59 Å². The zero-order valence-electron chi connectivity index (χ0n) is 16.1. The molecule has 0 unspecified atom stereocenters. The molecule has 0 radical (unpaired) electrons. The fourth-order valence-corrected chi connectivity index (χ4v) is 3.29. The summed E-state index contributed by atoms with van der Waals surface area (Å²) in [5, 5.41) is 7.60. The van der Waals surface area contributed by atoms with Crippen molar-refractivity contribution in [3.8, 4) is 0 Å². The fourth-order valence-electron chi connectivity index (χ4n) is 2.63. The molecule has 0 aliphatic rings. The monoisotopic (exact) mass is 390 g/mol. The van der Waals surface area contributed by atoms with E-state index in [1.54, 1.807) is 18.2 Å². The standard InChI is InChI=1S/C23H22N2O2S/c1-15-7-10-18(11-8-15)22(26)25-21(14-19-5-4-12-28-19)23(27)24-20-13-16(2)6-9-17(20)3/h4-14H,1-3H3,(H,24,27)(H,25,26)/b21-14-. The van der Waals surface area contributed by atoms with Crippen LogP contribution >= 0.6 is 11.3 Å². The molecule has 4 nitrogen and oxygen atoms in total. The molecule has 2 N–H and O–H groups in total. The van der Waals surface area contributed by atoms with E-state index in [2.05, 4.69) is 10.6 Å². The molecule has 0 spiro atoms. The number of benzene rings is 2. The average Bonchev–Trinajstić information content (AvgIpc) is 3.17. The predicted octanol–water partition coefficient (Wildman–Crippen LogP) is 5.08. The van der Waals surface area contributed by atoms with Crippen LogP contribution in [0.15, 0.2) is 65.7 Å². The molecule has 142 valence electrons. The molecule has 2 amide bonds. The molecule has 3 aromatic rings. The van der Waals surface area contributed by atoms with Crippen LogP contribution in [0, 0.1) is 20.8 Å². The van der Waals surface area contributed by atoms with Crippen LogP contribution in [-0.4, -0.2) is 11.8 Å². The summed E-state index contributed by atoms with van der Waals surface area (Å²) < 4.78 is 0. The number of carbonyl (C=O) groups is 2. The number of carbonyl (C=O) groups excluding carboxylic acids is 2. The van der Waals surface area contributed by atoms with Gasteiger partial charge in [0, 0.05) is 16.1 Å². The minimum absolute atomic E-state index is 0.203. The van der Waals surface area contributed by atoms with Gasteiger partial charge < -0.3 is 10.6 Å². The van der Waals surface area contributed by atoms with Crippen LogP contribution in [0.1, 0.15) is 31.9 Å². The van der Waals surface area contributed by atoms with Gasteiger partial charge in [0.15, 0.2) is 0 Å². The first kappa shape index (κ1) is 19.6. The normalized spacial score (nSPS) is 11.2. The number of hydrogen-bond donors (Lipinski definition) is 2. The van der Waals surface area contributed by atoms with Crippen LogP contribution in [-0.2, 0) is 4.79 Å². The van der Waals surface area contributed by atoms with E-state index in [0.717, 1.165) is 27.3 Å². The van der Waals surface area contributed by atoms with E-state index in [-0.39, 0.29) is 17.5 Å². The molecule has 2 aromatic carbocycles. The molecule has 1 heterocycles. The Bertz CT molecular complexity index is 1020. The van der Waals surface area contributed by atoms with Crippen molar-refractivity contribution in [2.24, 2.45) is 0 Å². The lowest BCUT2D eigenvalue weighted by atomic mass is 10.1. The van der Waals surface area contributed by atoms with Crippen LogP contribution in [0.2, 0.25) is 0 Å². The summed E-state index contributed by atoms with van der Waals surface area (Å²) in [6.07, 6.45) is 1.69. The molecule has 5 heteroatoms. The molecule has 1 aromatic heterocycles. The molecule has 0 aliphatic heterocycles. The van der Waals surface area contributed by atoms with E-state index in [4.69, 9.17) is 0 Å². The van der Waals surface area contributed by atoms with Crippen molar-refractivity contribution in [2.75, 3.05) is 5.32 Å². The third kappa shape index (κ3) is 4.96. The molecule has 28 heavy (non-hydrogen) atoms. The fraction of sp³-hybridized carbons (Fsp3) is 0.130. The highest BCUT2D eigenvalue weighted by atomic mass is 32.1. The first-order chi connectivity index (χ1) is 13.4. The molecule has 0 saturated heterocycles. The Hall–Kier alpha value is -3.18. The second-order valence-corrected chi connectivity index (χ2v) is 7.65. The molecule has 0 aliphatic carbocycles. The number of hydrogen-bond acceptors (Lipinski definition) is 3. The van der Waals surface area contributed by atoms with Gasteiger partial charge in [0.1, 0.15) is 5.70 Å². The first-order valence-electron chi connectivity index (χ1n) is 8.94. The van der Waals surface area contributed by atoms with Crippen molar-refractivity contribution in [3.63, 3.8) is 0 Å². The maximum atomic E-state index is 12.9. The van der Waals surface area contributed by atoms with Gasteiger partial charge in [-0.05, 0) is 67.6 Å². The van der Waals surface area contributed by atoms with Crippen LogP contribution in [0.25, 0.3) is 6.08 Å². The minimum Gasteiger partial charge on any atom is -0.320 e. The molecule has 0 saturated carbocycles. The lowest BCUT2D eigenvalue weighted by Crippen LogP contribution is -2.30. The Morgan fingerprint density at radius 3 is 2.32 bits per heavy atom. The van der Waals surface area contributed by atoms with Crippen LogP contribution in [0.4, 0.5) is 5.69 Å². The maximum Gasteiger partial charge on any atom is 0.272 e. The zero-order valence-corrected chi connectivity index (χ0v) is 16.9. The van der Waals surface area contributed by atoms with Crippen molar-refractivity contribution in [2.45, 2.75) is 20.8 Å². The number of rotatable bonds is 5. The third-order valence-corrected chi connectivity index (χ3v) is 5.10. The SMILES string of the molecule is Cc1ccc(C(=O)N/C(=C\c2cccs2)C(=O)Nc2cc(C)ccc2C)cc1.